The summed E-state index contributed by atoms with van der Waals surface area (Å²) in [4.78, 5) is 38.1. The molecule has 0 fully saturated rings. The molecule has 0 aliphatic rings. The molecule has 0 spiro atoms. The molecule has 4 aromatic carbocycles. The molecule has 0 saturated carbocycles. The fourth-order valence-electron chi connectivity index (χ4n) is 3.64. The minimum absolute atomic E-state index is 0.0229. The van der Waals surface area contributed by atoms with E-state index in [0.29, 0.717) is 23.4 Å². The van der Waals surface area contributed by atoms with Crippen LogP contribution in [0.5, 0.6) is 0 Å². The molecule has 0 radical (unpaired) electrons. The number of hydrogen-bond acceptors (Lipinski definition) is 4. The highest BCUT2D eigenvalue weighted by atomic mass is 32.2. The average Bonchev–Trinajstić information content (AvgIpc) is 2.89. The zero-order valence-corrected chi connectivity index (χ0v) is 20.6. The van der Waals surface area contributed by atoms with Crippen LogP contribution in [0.2, 0.25) is 0 Å². The maximum atomic E-state index is 13.3. The van der Waals surface area contributed by atoms with E-state index in [9.17, 15) is 14.4 Å². The van der Waals surface area contributed by atoms with Gasteiger partial charge in [-0.25, -0.2) is 0 Å². The molecule has 0 bridgehead atoms. The lowest BCUT2D eigenvalue weighted by molar-refractivity contribution is -0.116. The standard InChI is InChI=1S/C30H26N2O3S/c1-21(33)23-12-14-26(15-13-23)32-30(35)29(24-10-6-3-7-11-24)36-27-18-16-25(17-19-27)31-28(34)20-22-8-4-2-5-9-22/h2-19,29H,20H2,1H3,(H,31,34)(H,32,35). The lowest BCUT2D eigenvalue weighted by atomic mass is 10.1. The van der Waals surface area contributed by atoms with E-state index in [1.54, 1.807) is 24.3 Å². The highest BCUT2D eigenvalue weighted by molar-refractivity contribution is 8.00. The van der Waals surface area contributed by atoms with E-state index in [1.165, 1.54) is 18.7 Å². The summed E-state index contributed by atoms with van der Waals surface area (Å²) in [5.41, 5.74) is 3.75. The highest BCUT2D eigenvalue weighted by Crippen LogP contribution is 2.36. The van der Waals surface area contributed by atoms with Gasteiger partial charge in [-0.2, -0.15) is 0 Å². The second-order valence-electron chi connectivity index (χ2n) is 8.27. The molecule has 36 heavy (non-hydrogen) atoms. The van der Waals surface area contributed by atoms with Gasteiger partial charge >= 0.3 is 0 Å². The van der Waals surface area contributed by atoms with Crippen LogP contribution >= 0.6 is 11.8 Å². The number of rotatable bonds is 9. The Hall–Kier alpha value is -4.16. The van der Waals surface area contributed by atoms with Crippen LogP contribution in [0.1, 0.15) is 33.7 Å². The van der Waals surface area contributed by atoms with Gasteiger partial charge in [0.1, 0.15) is 5.25 Å². The Morgan fingerprint density at radius 2 is 1.25 bits per heavy atom. The predicted molar refractivity (Wildman–Crippen MR) is 145 cm³/mol. The number of thioether (sulfide) groups is 1. The Labute approximate surface area is 214 Å². The summed E-state index contributed by atoms with van der Waals surface area (Å²) in [5.74, 6) is -0.272. The number of amides is 2. The van der Waals surface area contributed by atoms with Gasteiger partial charge in [0.25, 0.3) is 0 Å². The number of anilines is 2. The van der Waals surface area contributed by atoms with Gasteiger partial charge in [-0.1, -0.05) is 60.7 Å². The maximum Gasteiger partial charge on any atom is 0.242 e. The fourth-order valence-corrected chi connectivity index (χ4v) is 4.66. The molecule has 6 heteroatoms. The Morgan fingerprint density at radius 1 is 0.694 bits per heavy atom. The van der Waals surface area contributed by atoms with Gasteiger partial charge in [-0.05, 0) is 66.6 Å². The summed E-state index contributed by atoms with van der Waals surface area (Å²) in [6.45, 7) is 1.51. The van der Waals surface area contributed by atoms with Gasteiger partial charge in [0.05, 0.1) is 6.42 Å². The van der Waals surface area contributed by atoms with Crippen molar-refractivity contribution in [2.45, 2.75) is 23.5 Å². The van der Waals surface area contributed by atoms with Gasteiger partial charge in [-0.15, -0.1) is 11.8 Å². The van der Waals surface area contributed by atoms with Crippen molar-refractivity contribution < 1.29 is 14.4 Å². The number of carbonyl (C=O) groups is 3. The molecule has 5 nitrogen and oxygen atoms in total. The zero-order chi connectivity index (χ0) is 25.3. The third-order valence-electron chi connectivity index (χ3n) is 5.50. The monoisotopic (exact) mass is 494 g/mol. The molecule has 0 saturated heterocycles. The molecule has 180 valence electrons. The Balaban J connectivity index is 1.44. The molecule has 2 N–H and O–H groups in total. The first-order valence-corrected chi connectivity index (χ1v) is 12.4. The smallest absolute Gasteiger partial charge is 0.242 e. The summed E-state index contributed by atoms with van der Waals surface area (Å²) in [6, 6.07) is 33.5. The largest absolute Gasteiger partial charge is 0.326 e. The Kier molecular flexibility index (Phi) is 8.32. The number of hydrogen-bond donors (Lipinski definition) is 2. The summed E-state index contributed by atoms with van der Waals surface area (Å²) < 4.78 is 0. The molecule has 0 aliphatic heterocycles. The third kappa shape index (κ3) is 6.93. The van der Waals surface area contributed by atoms with E-state index in [4.69, 9.17) is 0 Å². The number of nitrogens with one attached hydrogen (secondary N) is 2. The van der Waals surface area contributed by atoms with E-state index in [0.717, 1.165) is 16.0 Å². The number of Topliss-reactive ketones (excluding diaryl/α,β-unsaturated/α-hetero) is 1. The van der Waals surface area contributed by atoms with E-state index in [-0.39, 0.29) is 17.6 Å². The van der Waals surface area contributed by atoms with Crippen LogP contribution in [0.4, 0.5) is 11.4 Å². The van der Waals surface area contributed by atoms with Crippen molar-refractivity contribution in [1.29, 1.82) is 0 Å². The molecule has 2 amide bonds. The molecule has 0 aromatic heterocycles. The lowest BCUT2D eigenvalue weighted by Gasteiger charge is -2.17. The van der Waals surface area contributed by atoms with Crippen LogP contribution in [0.3, 0.4) is 0 Å². The molecular formula is C30H26N2O3S. The Bertz CT molecular complexity index is 1320. The van der Waals surface area contributed by atoms with Crippen molar-refractivity contribution in [3.63, 3.8) is 0 Å². The molecule has 0 aliphatic carbocycles. The van der Waals surface area contributed by atoms with E-state index >= 15 is 0 Å². The minimum atomic E-state index is -0.489. The zero-order valence-electron chi connectivity index (χ0n) is 19.8. The molecule has 1 unspecified atom stereocenters. The van der Waals surface area contributed by atoms with Crippen molar-refractivity contribution in [3.8, 4) is 0 Å². The van der Waals surface area contributed by atoms with Crippen LogP contribution in [-0.4, -0.2) is 17.6 Å². The minimum Gasteiger partial charge on any atom is -0.326 e. The van der Waals surface area contributed by atoms with E-state index in [1.807, 2.05) is 84.9 Å². The molecule has 0 heterocycles. The SMILES string of the molecule is CC(=O)c1ccc(NC(=O)C(Sc2ccc(NC(=O)Cc3ccccc3)cc2)c2ccccc2)cc1. The van der Waals surface area contributed by atoms with Crippen molar-refractivity contribution in [1.82, 2.24) is 0 Å². The van der Waals surface area contributed by atoms with E-state index < -0.39 is 5.25 Å². The first-order chi connectivity index (χ1) is 17.5. The van der Waals surface area contributed by atoms with Crippen molar-refractivity contribution >= 4 is 40.7 Å². The van der Waals surface area contributed by atoms with Crippen molar-refractivity contribution in [2.24, 2.45) is 0 Å². The van der Waals surface area contributed by atoms with Gasteiger partial charge in [-0.3, -0.25) is 14.4 Å². The first-order valence-electron chi connectivity index (χ1n) is 11.6. The summed E-state index contributed by atoms with van der Waals surface area (Å²) >= 11 is 1.43. The molecule has 4 aromatic rings. The predicted octanol–water partition coefficient (Wildman–Crippen LogP) is 6.54. The maximum absolute atomic E-state index is 13.3. The number of benzene rings is 4. The summed E-state index contributed by atoms with van der Waals surface area (Å²) in [7, 11) is 0. The van der Waals surface area contributed by atoms with Crippen LogP contribution < -0.4 is 10.6 Å². The van der Waals surface area contributed by atoms with Crippen LogP contribution in [0.25, 0.3) is 0 Å². The average molecular weight is 495 g/mol. The second kappa shape index (κ2) is 12.0. The highest BCUT2D eigenvalue weighted by Gasteiger charge is 2.22. The normalized spacial score (nSPS) is 11.4. The van der Waals surface area contributed by atoms with Gasteiger partial charge in [0.2, 0.25) is 11.8 Å². The number of carbonyl (C=O) groups excluding carboxylic acids is 3. The Morgan fingerprint density at radius 3 is 1.86 bits per heavy atom. The lowest BCUT2D eigenvalue weighted by Crippen LogP contribution is -2.19. The van der Waals surface area contributed by atoms with Crippen LogP contribution in [0.15, 0.2) is 114 Å². The van der Waals surface area contributed by atoms with E-state index in [2.05, 4.69) is 10.6 Å². The topological polar surface area (TPSA) is 75.3 Å². The number of ketones is 1. The van der Waals surface area contributed by atoms with Gasteiger partial charge in [0, 0.05) is 21.8 Å². The molecule has 4 rings (SSSR count). The molecular weight excluding hydrogens is 468 g/mol. The quantitative estimate of drug-likeness (QED) is 0.205. The summed E-state index contributed by atoms with van der Waals surface area (Å²) in [5, 5.41) is 5.39. The first kappa shape index (κ1) is 24.9. The molecule has 1 atom stereocenters. The van der Waals surface area contributed by atoms with Crippen LogP contribution in [-0.2, 0) is 16.0 Å². The van der Waals surface area contributed by atoms with Crippen molar-refractivity contribution in [3.05, 3.63) is 126 Å². The van der Waals surface area contributed by atoms with Gasteiger partial charge < -0.3 is 10.6 Å². The summed E-state index contributed by atoms with van der Waals surface area (Å²) in [6.07, 6.45) is 0.307. The van der Waals surface area contributed by atoms with Gasteiger partial charge in [0.15, 0.2) is 5.78 Å². The third-order valence-corrected chi connectivity index (χ3v) is 6.77. The second-order valence-corrected chi connectivity index (χ2v) is 9.44. The van der Waals surface area contributed by atoms with Crippen molar-refractivity contribution in [2.75, 3.05) is 10.6 Å². The fraction of sp³-hybridized carbons (Fsp3) is 0.100. The van der Waals surface area contributed by atoms with Crippen LogP contribution in [0, 0.1) is 0 Å².